The number of nitrogens with zero attached hydrogens (tertiary/aromatic N) is 2. The zero-order valence-electron chi connectivity index (χ0n) is 10.6. The van der Waals surface area contributed by atoms with Gasteiger partial charge in [0.2, 0.25) is 0 Å². The molecule has 0 bridgehead atoms. The van der Waals surface area contributed by atoms with Crippen molar-refractivity contribution in [1.29, 1.82) is 0 Å². The van der Waals surface area contributed by atoms with Crippen LogP contribution in [0, 0.1) is 0 Å². The van der Waals surface area contributed by atoms with Crippen molar-refractivity contribution in [2.24, 2.45) is 5.16 Å². The molecule has 2 aromatic heterocycles. The van der Waals surface area contributed by atoms with E-state index in [-0.39, 0.29) is 16.4 Å². The molecule has 2 aromatic rings. The van der Waals surface area contributed by atoms with E-state index in [0.29, 0.717) is 14.2 Å². The van der Waals surface area contributed by atoms with Crippen LogP contribution in [0.15, 0.2) is 34.6 Å². The molecule has 0 atom stereocenters. The molecule has 0 aliphatic rings. The van der Waals surface area contributed by atoms with E-state index in [1.165, 1.54) is 18.3 Å². The van der Waals surface area contributed by atoms with Crippen molar-refractivity contribution in [1.82, 2.24) is 4.98 Å². The van der Waals surface area contributed by atoms with Gasteiger partial charge in [0.05, 0.1) is 15.6 Å². The van der Waals surface area contributed by atoms with Gasteiger partial charge in [-0.05, 0) is 12.1 Å². The van der Waals surface area contributed by atoms with Gasteiger partial charge in [-0.2, -0.15) is 13.2 Å². The van der Waals surface area contributed by atoms with Crippen molar-refractivity contribution < 1.29 is 18.4 Å². The summed E-state index contributed by atoms with van der Waals surface area (Å²) in [6.45, 7) is 0. The van der Waals surface area contributed by atoms with E-state index in [2.05, 4.69) is 10.1 Å². The molecule has 0 aromatic carbocycles. The minimum absolute atomic E-state index is 0.00360. The minimum atomic E-state index is -4.50. The van der Waals surface area contributed by atoms with Gasteiger partial charge in [0.1, 0.15) is 4.34 Å². The summed E-state index contributed by atoms with van der Waals surface area (Å²) in [5.41, 5.74) is -0.302. The van der Waals surface area contributed by atoms with Crippen LogP contribution in [0.1, 0.15) is 11.1 Å². The average molecular weight is 387 g/mol. The van der Waals surface area contributed by atoms with Crippen LogP contribution < -0.4 is 0 Å². The van der Waals surface area contributed by atoms with Crippen molar-refractivity contribution >= 4 is 52.0 Å². The summed E-state index contributed by atoms with van der Waals surface area (Å²) in [5, 5.41) is 12.2. The molecule has 3 nitrogen and oxygen atoms in total. The zero-order chi connectivity index (χ0) is 16.3. The first-order chi connectivity index (χ1) is 10.3. The van der Waals surface area contributed by atoms with Crippen LogP contribution in [-0.4, -0.2) is 21.7 Å². The van der Waals surface area contributed by atoms with Gasteiger partial charge in [-0.1, -0.05) is 28.4 Å². The predicted molar refractivity (Wildman–Crippen MR) is 82.6 cm³/mol. The summed E-state index contributed by atoms with van der Waals surface area (Å²) in [6.07, 6.45) is -2.48. The van der Waals surface area contributed by atoms with E-state index in [1.807, 2.05) is 0 Å². The normalized spacial score (nSPS) is 12.7. The highest BCUT2D eigenvalue weighted by Gasteiger charge is 2.33. The van der Waals surface area contributed by atoms with Gasteiger partial charge in [-0.3, -0.25) is 4.98 Å². The fourth-order valence-electron chi connectivity index (χ4n) is 1.56. The minimum Gasteiger partial charge on any atom is -0.411 e. The second-order valence-electron chi connectivity index (χ2n) is 3.94. The van der Waals surface area contributed by atoms with Crippen molar-refractivity contribution in [3.8, 4) is 0 Å². The van der Waals surface area contributed by atoms with E-state index >= 15 is 0 Å². The van der Waals surface area contributed by atoms with Gasteiger partial charge >= 0.3 is 6.18 Å². The molecule has 0 aliphatic carbocycles. The van der Waals surface area contributed by atoms with Crippen LogP contribution in [-0.2, 0) is 6.18 Å². The van der Waals surface area contributed by atoms with Crippen LogP contribution in [0.2, 0.25) is 8.67 Å². The Morgan fingerprint density at radius 1 is 1.41 bits per heavy atom. The van der Waals surface area contributed by atoms with Gasteiger partial charge in [0.25, 0.3) is 0 Å². The van der Waals surface area contributed by atoms with E-state index in [4.69, 9.17) is 28.4 Å². The van der Waals surface area contributed by atoms with E-state index in [9.17, 15) is 13.2 Å². The molecule has 0 fully saturated rings. The lowest BCUT2D eigenvalue weighted by molar-refractivity contribution is -0.140. The SMILES string of the molecule is O/N=C(/CSc1ccncc1C(F)(F)F)c1cc(Cl)sc1Cl. The Balaban J connectivity index is 2.21. The monoisotopic (exact) mass is 386 g/mol. The first-order valence-electron chi connectivity index (χ1n) is 5.63. The number of rotatable bonds is 4. The molecule has 0 unspecified atom stereocenters. The number of thiophene rings is 1. The number of halogens is 5. The molecule has 0 saturated carbocycles. The van der Waals surface area contributed by atoms with Gasteiger partial charge < -0.3 is 5.21 Å². The highest BCUT2D eigenvalue weighted by Crippen LogP contribution is 2.37. The number of pyridine rings is 1. The molecule has 22 heavy (non-hydrogen) atoms. The van der Waals surface area contributed by atoms with Crippen LogP contribution in [0.5, 0.6) is 0 Å². The van der Waals surface area contributed by atoms with Crippen LogP contribution >= 0.6 is 46.3 Å². The number of hydrogen-bond acceptors (Lipinski definition) is 5. The Morgan fingerprint density at radius 2 is 2.14 bits per heavy atom. The molecule has 118 valence electrons. The topological polar surface area (TPSA) is 45.5 Å². The lowest BCUT2D eigenvalue weighted by atomic mass is 10.2. The van der Waals surface area contributed by atoms with Crippen molar-refractivity contribution in [2.45, 2.75) is 11.1 Å². The standard InChI is InChI=1S/C12H7Cl2F3N2OS2/c13-10-3-6(11(14)22-10)8(19-20)5-21-9-1-2-18-4-7(9)12(15,16)17/h1-4,20H,5H2/b19-8-. The maximum absolute atomic E-state index is 12.9. The number of hydrogen-bond donors (Lipinski definition) is 1. The summed E-state index contributed by atoms with van der Waals surface area (Å²) in [5.74, 6) is -0.00360. The molecule has 0 spiro atoms. The van der Waals surface area contributed by atoms with Gasteiger partial charge in [-0.15, -0.1) is 23.1 Å². The van der Waals surface area contributed by atoms with Crippen LogP contribution in [0.4, 0.5) is 13.2 Å². The van der Waals surface area contributed by atoms with Crippen molar-refractivity contribution in [3.63, 3.8) is 0 Å². The van der Waals surface area contributed by atoms with E-state index < -0.39 is 11.7 Å². The third-order valence-electron chi connectivity index (χ3n) is 2.54. The number of thioether (sulfide) groups is 1. The summed E-state index contributed by atoms with van der Waals surface area (Å²) < 4.78 is 39.3. The lowest BCUT2D eigenvalue weighted by Gasteiger charge is -2.11. The maximum Gasteiger partial charge on any atom is 0.418 e. The molecule has 0 saturated heterocycles. The second-order valence-corrected chi connectivity index (χ2v) is 7.25. The highest BCUT2D eigenvalue weighted by molar-refractivity contribution is 8.00. The van der Waals surface area contributed by atoms with Crippen LogP contribution in [0.25, 0.3) is 0 Å². The quantitative estimate of drug-likeness (QED) is 0.329. The zero-order valence-corrected chi connectivity index (χ0v) is 13.7. The third-order valence-corrected chi connectivity index (χ3v) is 5.11. The smallest absolute Gasteiger partial charge is 0.411 e. The maximum atomic E-state index is 12.9. The fraction of sp³-hybridized carbons (Fsp3) is 0.167. The molecule has 10 heteroatoms. The molecular weight excluding hydrogens is 380 g/mol. The largest absolute Gasteiger partial charge is 0.418 e. The molecule has 0 radical (unpaired) electrons. The van der Waals surface area contributed by atoms with Gasteiger partial charge in [0, 0.05) is 28.6 Å². The third kappa shape index (κ3) is 4.07. The average Bonchev–Trinajstić information content (AvgIpc) is 2.78. The predicted octanol–water partition coefficient (Wildman–Crippen LogP) is 5.44. The summed E-state index contributed by atoms with van der Waals surface area (Å²) in [7, 11) is 0. The van der Waals surface area contributed by atoms with E-state index in [0.717, 1.165) is 29.3 Å². The summed E-state index contributed by atoms with van der Waals surface area (Å²) >= 11 is 13.7. The Labute approximate surface area is 141 Å². The molecular formula is C12H7Cl2F3N2OS2. The van der Waals surface area contributed by atoms with Crippen LogP contribution in [0.3, 0.4) is 0 Å². The van der Waals surface area contributed by atoms with Gasteiger partial charge in [-0.25, -0.2) is 0 Å². The first-order valence-corrected chi connectivity index (χ1v) is 8.19. The molecule has 2 rings (SSSR count). The van der Waals surface area contributed by atoms with Gasteiger partial charge in [0.15, 0.2) is 0 Å². The highest BCUT2D eigenvalue weighted by atomic mass is 35.5. The Morgan fingerprint density at radius 3 is 2.68 bits per heavy atom. The fourth-order valence-corrected chi connectivity index (χ4v) is 4.06. The molecule has 2 heterocycles. The summed E-state index contributed by atoms with van der Waals surface area (Å²) in [6, 6.07) is 2.76. The number of aromatic nitrogens is 1. The summed E-state index contributed by atoms with van der Waals surface area (Å²) in [4.78, 5) is 3.47. The molecule has 0 amide bonds. The Bertz CT molecular complexity index is 704. The first kappa shape index (κ1) is 17.4. The molecule has 1 N–H and O–H groups in total. The van der Waals surface area contributed by atoms with Crippen molar-refractivity contribution in [2.75, 3.05) is 5.75 Å². The molecule has 0 aliphatic heterocycles. The van der Waals surface area contributed by atoms with E-state index in [1.54, 1.807) is 0 Å². The second kappa shape index (κ2) is 7.08. The Hall–Kier alpha value is -0.960. The number of oxime groups is 1. The Kier molecular flexibility index (Phi) is 5.60. The lowest BCUT2D eigenvalue weighted by Crippen LogP contribution is -2.09. The number of alkyl halides is 3. The van der Waals surface area contributed by atoms with Crippen molar-refractivity contribution in [3.05, 3.63) is 44.3 Å².